The minimum Gasteiger partial charge on any atom is -0.356 e. The van der Waals surface area contributed by atoms with E-state index in [4.69, 9.17) is 0 Å². The van der Waals surface area contributed by atoms with Crippen LogP contribution < -0.4 is 10.6 Å². The Kier molecular flexibility index (Phi) is 8.28. The van der Waals surface area contributed by atoms with Crippen molar-refractivity contribution < 1.29 is 0 Å². The molecule has 0 spiro atoms. The Labute approximate surface area is 146 Å². The Morgan fingerprint density at radius 3 is 2.43 bits per heavy atom. The van der Waals surface area contributed by atoms with E-state index in [1.54, 1.807) is 7.05 Å². The third kappa shape index (κ3) is 7.68. The van der Waals surface area contributed by atoms with Gasteiger partial charge < -0.3 is 10.6 Å². The van der Waals surface area contributed by atoms with Crippen molar-refractivity contribution in [3.05, 3.63) is 17.5 Å². The van der Waals surface area contributed by atoms with Gasteiger partial charge in [0.15, 0.2) is 5.96 Å². The van der Waals surface area contributed by atoms with Crippen LogP contribution in [0.3, 0.4) is 0 Å². The summed E-state index contributed by atoms with van der Waals surface area (Å²) in [5.41, 5.74) is 2.31. The third-order valence-electron chi connectivity index (χ3n) is 2.92. The van der Waals surface area contributed by atoms with Gasteiger partial charge in [0.25, 0.3) is 0 Å². The second-order valence-electron chi connectivity index (χ2n) is 6.54. The highest BCUT2D eigenvalue weighted by atomic mass is 127. The van der Waals surface area contributed by atoms with Crippen LogP contribution in [0.1, 0.15) is 39.1 Å². The average Bonchev–Trinajstić information content (AvgIpc) is 2.61. The number of halogens is 1. The van der Waals surface area contributed by atoms with Gasteiger partial charge in [-0.1, -0.05) is 6.92 Å². The summed E-state index contributed by atoms with van der Waals surface area (Å²) in [5.74, 6) is 1.32. The first kappa shape index (κ1) is 20.2. The predicted molar refractivity (Wildman–Crippen MR) is 101 cm³/mol. The van der Waals surface area contributed by atoms with E-state index in [2.05, 4.69) is 66.1 Å². The van der Waals surface area contributed by atoms with Gasteiger partial charge in [-0.3, -0.25) is 9.67 Å². The molecule has 2 N–H and O–H groups in total. The Balaban J connectivity index is 0.00000400. The minimum absolute atomic E-state index is 0. The molecule has 122 valence electrons. The van der Waals surface area contributed by atoms with Crippen molar-refractivity contribution in [2.24, 2.45) is 10.9 Å². The van der Waals surface area contributed by atoms with E-state index >= 15 is 0 Å². The lowest BCUT2D eigenvalue weighted by Crippen LogP contribution is -2.48. The number of guanidine groups is 1. The largest absolute Gasteiger partial charge is 0.356 e. The van der Waals surface area contributed by atoms with Crippen LogP contribution in [-0.2, 0) is 6.54 Å². The lowest BCUT2D eigenvalue weighted by molar-refractivity contribution is 0.430. The SMILES string of the molecule is CN=C(NCC(C)Cn1nc(C)cc1C)NC(C)(C)C.I. The van der Waals surface area contributed by atoms with Crippen LogP contribution in [-0.4, -0.2) is 34.9 Å². The zero-order chi connectivity index (χ0) is 15.3. The molecule has 1 rings (SSSR count). The van der Waals surface area contributed by atoms with Crippen LogP contribution in [0.4, 0.5) is 0 Å². The van der Waals surface area contributed by atoms with Gasteiger partial charge in [0.05, 0.1) is 5.69 Å². The van der Waals surface area contributed by atoms with Gasteiger partial charge in [0.2, 0.25) is 0 Å². The van der Waals surface area contributed by atoms with E-state index in [-0.39, 0.29) is 29.5 Å². The van der Waals surface area contributed by atoms with Crippen molar-refractivity contribution in [3.8, 4) is 0 Å². The van der Waals surface area contributed by atoms with Crippen LogP contribution in [0, 0.1) is 19.8 Å². The highest BCUT2D eigenvalue weighted by Crippen LogP contribution is 2.06. The number of hydrogen-bond acceptors (Lipinski definition) is 2. The molecule has 0 aliphatic heterocycles. The molecule has 0 amide bonds. The molecule has 0 fully saturated rings. The van der Waals surface area contributed by atoms with Crippen LogP contribution in [0.25, 0.3) is 0 Å². The maximum absolute atomic E-state index is 4.50. The summed E-state index contributed by atoms with van der Waals surface area (Å²) in [6.45, 7) is 14.5. The monoisotopic (exact) mass is 407 g/mol. The second kappa shape index (κ2) is 8.60. The molecule has 1 unspecified atom stereocenters. The third-order valence-corrected chi connectivity index (χ3v) is 2.92. The Hall–Kier alpha value is -0.790. The number of nitrogens with one attached hydrogen (secondary N) is 2. The first-order valence-electron chi connectivity index (χ1n) is 7.21. The normalized spacial score (nSPS) is 13.6. The van der Waals surface area contributed by atoms with E-state index in [9.17, 15) is 0 Å². The van der Waals surface area contributed by atoms with E-state index < -0.39 is 0 Å². The molecule has 1 aromatic heterocycles. The van der Waals surface area contributed by atoms with Crippen LogP contribution in [0.15, 0.2) is 11.1 Å². The van der Waals surface area contributed by atoms with Crippen molar-refractivity contribution >= 4 is 29.9 Å². The Bertz CT molecular complexity index is 459. The van der Waals surface area contributed by atoms with Gasteiger partial charge in [0, 0.05) is 31.4 Å². The average molecular weight is 407 g/mol. The number of hydrogen-bond donors (Lipinski definition) is 2. The molecule has 1 heterocycles. The van der Waals surface area contributed by atoms with Crippen LogP contribution in [0.5, 0.6) is 0 Å². The summed E-state index contributed by atoms with van der Waals surface area (Å²) in [7, 11) is 1.80. The molecule has 0 saturated carbocycles. The van der Waals surface area contributed by atoms with Crippen LogP contribution in [0.2, 0.25) is 0 Å². The maximum atomic E-state index is 4.50. The fourth-order valence-electron chi connectivity index (χ4n) is 2.02. The molecule has 0 bridgehead atoms. The van der Waals surface area contributed by atoms with E-state index in [0.717, 1.165) is 24.7 Å². The van der Waals surface area contributed by atoms with Crippen molar-refractivity contribution in [1.82, 2.24) is 20.4 Å². The summed E-state index contributed by atoms with van der Waals surface area (Å²) in [4.78, 5) is 4.25. The topological polar surface area (TPSA) is 54.2 Å². The summed E-state index contributed by atoms with van der Waals surface area (Å²) in [5, 5.41) is 11.2. The molecule has 0 radical (unpaired) electrons. The Morgan fingerprint density at radius 2 is 2.00 bits per heavy atom. The van der Waals surface area contributed by atoms with E-state index in [0.29, 0.717) is 5.92 Å². The lowest BCUT2D eigenvalue weighted by Gasteiger charge is -2.24. The molecule has 0 aliphatic rings. The zero-order valence-corrected chi connectivity index (χ0v) is 16.6. The Morgan fingerprint density at radius 1 is 1.38 bits per heavy atom. The number of aromatic nitrogens is 2. The summed E-state index contributed by atoms with van der Waals surface area (Å²) >= 11 is 0. The molecule has 5 nitrogen and oxygen atoms in total. The van der Waals surface area contributed by atoms with Crippen molar-refractivity contribution in [3.63, 3.8) is 0 Å². The number of rotatable bonds is 4. The van der Waals surface area contributed by atoms with Crippen molar-refractivity contribution in [2.75, 3.05) is 13.6 Å². The van der Waals surface area contributed by atoms with Crippen LogP contribution >= 0.6 is 24.0 Å². The molecule has 1 atom stereocenters. The quantitative estimate of drug-likeness (QED) is 0.459. The molecule has 0 aliphatic carbocycles. The molecule has 21 heavy (non-hydrogen) atoms. The van der Waals surface area contributed by atoms with Crippen molar-refractivity contribution in [2.45, 2.75) is 53.6 Å². The number of aryl methyl sites for hydroxylation is 2. The van der Waals surface area contributed by atoms with Gasteiger partial charge in [0.1, 0.15) is 0 Å². The fourth-order valence-corrected chi connectivity index (χ4v) is 2.02. The maximum Gasteiger partial charge on any atom is 0.191 e. The summed E-state index contributed by atoms with van der Waals surface area (Å²) in [6, 6.07) is 2.11. The lowest BCUT2D eigenvalue weighted by atomic mass is 10.1. The smallest absolute Gasteiger partial charge is 0.191 e. The first-order valence-corrected chi connectivity index (χ1v) is 7.21. The second-order valence-corrected chi connectivity index (χ2v) is 6.54. The molecular formula is C15H30IN5. The minimum atomic E-state index is 0. The highest BCUT2D eigenvalue weighted by Gasteiger charge is 2.13. The predicted octanol–water partition coefficient (Wildman–Crippen LogP) is 2.72. The van der Waals surface area contributed by atoms with Gasteiger partial charge in [-0.05, 0) is 46.6 Å². The van der Waals surface area contributed by atoms with Gasteiger partial charge in [-0.15, -0.1) is 24.0 Å². The first-order chi connectivity index (χ1) is 9.21. The molecule has 6 heteroatoms. The zero-order valence-electron chi connectivity index (χ0n) is 14.3. The van der Waals surface area contributed by atoms with Crippen molar-refractivity contribution in [1.29, 1.82) is 0 Å². The number of nitrogens with zero attached hydrogens (tertiary/aromatic N) is 3. The molecule has 0 aromatic carbocycles. The van der Waals surface area contributed by atoms with E-state index in [1.165, 1.54) is 5.69 Å². The molecule has 1 aromatic rings. The molecule has 0 saturated heterocycles. The van der Waals surface area contributed by atoms with Gasteiger partial charge in [-0.25, -0.2) is 0 Å². The highest BCUT2D eigenvalue weighted by molar-refractivity contribution is 14.0. The standard InChI is InChI=1S/C15H29N5.HI/c1-11(10-20-13(3)8-12(2)19-20)9-17-14(16-7)18-15(4,5)6;/h8,11H,9-10H2,1-7H3,(H2,16,17,18);1H. The van der Waals surface area contributed by atoms with Gasteiger partial charge >= 0.3 is 0 Å². The fraction of sp³-hybridized carbons (Fsp3) is 0.733. The van der Waals surface area contributed by atoms with Gasteiger partial charge in [-0.2, -0.15) is 5.10 Å². The summed E-state index contributed by atoms with van der Waals surface area (Å²) in [6.07, 6.45) is 0. The summed E-state index contributed by atoms with van der Waals surface area (Å²) < 4.78 is 2.07. The van der Waals surface area contributed by atoms with E-state index in [1.807, 2.05) is 6.92 Å². The number of aliphatic imine (C=N–C) groups is 1. The molecular weight excluding hydrogens is 377 g/mol.